The van der Waals surface area contributed by atoms with E-state index in [2.05, 4.69) is 13.8 Å². The molecule has 0 fully saturated rings. The molecule has 0 saturated carbocycles. The van der Waals surface area contributed by atoms with Crippen LogP contribution in [-0.4, -0.2) is 29.4 Å². The van der Waals surface area contributed by atoms with Crippen molar-refractivity contribution in [1.82, 2.24) is 0 Å². The summed E-state index contributed by atoms with van der Waals surface area (Å²) < 4.78 is 34.2. The van der Waals surface area contributed by atoms with E-state index in [1.54, 1.807) is 0 Å². The van der Waals surface area contributed by atoms with Gasteiger partial charge in [0, 0.05) is 5.25 Å². The second kappa shape index (κ2) is 20.2. The van der Waals surface area contributed by atoms with Crippen molar-refractivity contribution in [3.63, 3.8) is 0 Å². The third-order valence-corrected chi connectivity index (χ3v) is 6.54. The number of unbranched alkanes of at least 4 members (excludes halogenated alkanes) is 11. The molecule has 0 bridgehead atoms. The van der Waals surface area contributed by atoms with Gasteiger partial charge in [-0.15, -0.1) is 0 Å². The van der Waals surface area contributed by atoms with Crippen LogP contribution in [0.3, 0.4) is 0 Å². The number of aliphatic hydroxyl groups excluding tert-OH is 1. The maximum Gasteiger partial charge on any atom is 1.00 e. The minimum absolute atomic E-state index is 0. The molecule has 0 aliphatic carbocycles. The van der Waals surface area contributed by atoms with Gasteiger partial charge in [0.15, 0.2) is 0 Å². The van der Waals surface area contributed by atoms with Crippen LogP contribution in [0.2, 0.25) is 0 Å². The first-order valence-corrected chi connectivity index (χ1v) is 12.5. The van der Waals surface area contributed by atoms with E-state index in [1.165, 1.54) is 44.9 Å². The summed E-state index contributed by atoms with van der Waals surface area (Å²) in [6, 6.07) is 0. The van der Waals surface area contributed by atoms with Crippen LogP contribution in [0.4, 0.5) is 0 Å². The van der Waals surface area contributed by atoms with Crippen molar-refractivity contribution in [1.29, 1.82) is 0 Å². The van der Waals surface area contributed by atoms with Crippen molar-refractivity contribution < 1.29 is 47.6 Å². The first kappa shape index (κ1) is 30.1. The van der Waals surface area contributed by atoms with Crippen molar-refractivity contribution in [3.05, 3.63) is 0 Å². The molecule has 0 spiro atoms. The Morgan fingerprint density at radius 2 is 1.07 bits per heavy atom. The van der Waals surface area contributed by atoms with E-state index in [1.807, 2.05) is 0 Å². The second-order valence-electron chi connectivity index (χ2n) is 7.81. The Bertz CT molecular complexity index is 401. The van der Waals surface area contributed by atoms with Crippen molar-refractivity contribution >= 4 is 10.1 Å². The summed E-state index contributed by atoms with van der Waals surface area (Å²) >= 11 is 0. The summed E-state index contributed by atoms with van der Waals surface area (Å²) in [4.78, 5) is 0. The van der Waals surface area contributed by atoms with Crippen LogP contribution in [0.15, 0.2) is 0 Å². The summed E-state index contributed by atoms with van der Waals surface area (Å²) in [5.74, 6) is 0. The Morgan fingerprint density at radius 3 is 1.56 bits per heavy atom. The minimum Gasteiger partial charge on any atom is -0.748 e. The van der Waals surface area contributed by atoms with E-state index in [0.717, 1.165) is 44.9 Å². The average molecular weight is 415 g/mol. The van der Waals surface area contributed by atoms with Gasteiger partial charge in [0.1, 0.15) is 0 Å². The van der Waals surface area contributed by atoms with Gasteiger partial charge >= 0.3 is 29.6 Å². The van der Waals surface area contributed by atoms with Gasteiger partial charge in [-0.05, 0) is 25.7 Å². The van der Waals surface area contributed by atoms with Crippen molar-refractivity contribution in [2.45, 2.75) is 134 Å². The first-order chi connectivity index (χ1) is 12.4. The average Bonchev–Trinajstić information content (AvgIpc) is 2.58. The Balaban J connectivity index is 0. The fourth-order valence-corrected chi connectivity index (χ4v) is 4.33. The fraction of sp³-hybridized carbons (Fsp3) is 1.00. The molecule has 2 atom stereocenters. The maximum atomic E-state index is 11.4. The molecule has 0 aromatic rings. The van der Waals surface area contributed by atoms with Crippen LogP contribution in [0.25, 0.3) is 0 Å². The van der Waals surface area contributed by atoms with Crippen LogP contribution in [0.5, 0.6) is 0 Å². The van der Waals surface area contributed by atoms with E-state index >= 15 is 0 Å². The third-order valence-electron chi connectivity index (χ3n) is 5.25. The molecule has 0 amide bonds. The molecule has 0 aromatic heterocycles. The molecule has 27 heavy (non-hydrogen) atoms. The Morgan fingerprint density at radius 1 is 0.667 bits per heavy atom. The second-order valence-corrected chi connectivity index (χ2v) is 9.46. The van der Waals surface area contributed by atoms with E-state index in [4.69, 9.17) is 0 Å². The quantitative estimate of drug-likeness (QED) is 0.200. The van der Waals surface area contributed by atoms with Gasteiger partial charge in [-0.3, -0.25) is 0 Å². The van der Waals surface area contributed by atoms with Crippen molar-refractivity contribution in [2.75, 3.05) is 0 Å². The predicted octanol–water partition coefficient (Wildman–Crippen LogP) is 2.94. The van der Waals surface area contributed by atoms with Gasteiger partial charge < -0.3 is 9.66 Å². The first-order valence-electron chi connectivity index (χ1n) is 11.0. The molecular weight excluding hydrogens is 371 g/mol. The summed E-state index contributed by atoms with van der Waals surface area (Å²) in [5.41, 5.74) is 0. The Kier molecular flexibility index (Phi) is 22.4. The zero-order valence-electron chi connectivity index (χ0n) is 18.3. The molecular formula is C21H43NaO4S. The molecule has 1 N–H and O–H groups in total. The third kappa shape index (κ3) is 19.9. The number of hydrogen-bond acceptors (Lipinski definition) is 4. The van der Waals surface area contributed by atoms with Crippen molar-refractivity contribution in [3.8, 4) is 0 Å². The topological polar surface area (TPSA) is 77.4 Å². The van der Waals surface area contributed by atoms with E-state index < -0.39 is 21.5 Å². The van der Waals surface area contributed by atoms with Crippen LogP contribution in [0, 0.1) is 0 Å². The van der Waals surface area contributed by atoms with E-state index in [9.17, 15) is 18.1 Å². The van der Waals surface area contributed by atoms with Gasteiger partial charge in [0.05, 0.1) is 16.2 Å². The molecule has 0 aliphatic rings. The van der Waals surface area contributed by atoms with Gasteiger partial charge in [0.25, 0.3) is 0 Å². The van der Waals surface area contributed by atoms with Gasteiger partial charge in [-0.25, -0.2) is 8.42 Å². The molecule has 0 aromatic carbocycles. The Hall–Kier alpha value is 0.870. The van der Waals surface area contributed by atoms with E-state index in [-0.39, 0.29) is 29.6 Å². The predicted molar refractivity (Wildman–Crippen MR) is 109 cm³/mol. The summed E-state index contributed by atoms with van der Waals surface area (Å²) in [6.45, 7) is 4.33. The summed E-state index contributed by atoms with van der Waals surface area (Å²) in [7, 11) is -4.25. The molecule has 0 saturated heterocycles. The van der Waals surface area contributed by atoms with Gasteiger partial charge in [-0.2, -0.15) is 0 Å². The Labute approximate surface area is 191 Å². The molecule has 4 nitrogen and oxygen atoms in total. The largest absolute Gasteiger partial charge is 1.00 e. The molecule has 0 rings (SSSR count). The van der Waals surface area contributed by atoms with Crippen LogP contribution < -0.4 is 29.6 Å². The smallest absolute Gasteiger partial charge is 0.748 e. The molecule has 0 heterocycles. The van der Waals surface area contributed by atoms with Gasteiger partial charge in [0.2, 0.25) is 0 Å². The maximum absolute atomic E-state index is 11.4. The fourth-order valence-electron chi connectivity index (χ4n) is 3.45. The van der Waals surface area contributed by atoms with Gasteiger partial charge in [-0.1, -0.05) is 97.3 Å². The number of hydrogen-bond donors (Lipinski definition) is 1. The zero-order valence-corrected chi connectivity index (χ0v) is 21.1. The molecule has 6 heteroatoms. The molecule has 2 unspecified atom stereocenters. The van der Waals surface area contributed by atoms with Crippen molar-refractivity contribution in [2.24, 2.45) is 0 Å². The zero-order chi connectivity index (χ0) is 19.7. The summed E-state index contributed by atoms with van der Waals surface area (Å²) in [5, 5.41) is 9.25. The van der Waals surface area contributed by atoms with Crippen LogP contribution in [0.1, 0.15) is 123 Å². The normalized spacial score (nSPS) is 13.9. The number of aliphatic hydroxyl groups is 1. The standard InChI is InChI=1S/C21H44O4S.Na/c1-3-5-7-9-10-11-12-13-14-16-20(22)18-19-21(26(23,24)25)17-15-8-6-4-2;/h20-22H,3-19H2,1-2H3,(H,23,24,25);/q;+1/p-1. The SMILES string of the molecule is CCCCCCCCCCCC(O)CCC(CCCCCC)S(=O)(=O)[O-].[Na+]. The molecule has 0 radical (unpaired) electrons. The van der Waals surface area contributed by atoms with Crippen LogP contribution >= 0.6 is 0 Å². The molecule has 0 aliphatic heterocycles. The monoisotopic (exact) mass is 414 g/mol. The number of rotatable bonds is 19. The molecule has 158 valence electrons. The summed E-state index contributed by atoms with van der Waals surface area (Å²) in [6.07, 6.45) is 16.6. The van der Waals surface area contributed by atoms with Crippen LogP contribution in [-0.2, 0) is 10.1 Å². The van der Waals surface area contributed by atoms with E-state index in [0.29, 0.717) is 19.3 Å². The minimum atomic E-state index is -4.25.